The first-order valence-corrected chi connectivity index (χ1v) is 10.4. The van der Waals surface area contributed by atoms with Gasteiger partial charge in [0.15, 0.2) is 17.2 Å². The first-order valence-electron chi connectivity index (χ1n) is 10.4. The molecule has 3 aromatic rings. The molecule has 0 saturated heterocycles. The van der Waals surface area contributed by atoms with Gasteiger partial charge in [-0.15, -0.1) is 0 Å². The number of benzene rings is 3. The molecular weight excluding hydrogens is 406 g/mol. The normalized spacial score (nSPS) is 14.1. The zero-order chi connectivity index (χ0) is 22.3. The average molecular weight is 429 g/mol. The molecule has 0 saturated carbocycles. The summed E-state index contributed by atoms with van der Waals surface area (Å²) in [5.74, 6) is 2.32. The molecule has 6 heteroatoms. The van der Waals surface area contributed by atoms with Crippen LogP contribution in [0.5, 0.6) is 23.0 Å². The number of nitrogens with zero attached hydrogens (tertiary/aromatic N) is 1. The summed E-state index contributed by atoms with van der Waals surface area (Å²) in [4.78, 5) is 16.8. The largest absolute Gasteiger partial charge is 0.490 e. The van der Waals surface area contributed by atoms with Gasteiger partial charge in [-0.25, -0.2) is 9.79 Å². The van der Waals surface area contributed by atoms with E-state index in [1.807, 2.05) is 68.4 Å². The minimum atomic E-state index is -0.513. The van der Waals surface area contributed by atoms with Crippen molar-refractivity contribution >= 4 is 17.9 Å². The van der Waals surface area contributed by atoms with Crippen LogP contribution in [0.2, 0.25) is 0 Å². The Morgan fingerprint density at radius 3 is 2.38 bits per heavy atom. The average Bonchev–Trinajstić information content (AvgIpc) is 3.16. The predicted octanol–water partition coefficient (Wildman–Crippen LogP) is 5.62. The highest BCUT2D eigenvalue weighted by Gasteiger charge is 2.25. The molecule has 162 valence electrons. The number of esters is 1. The van der Waals surface area contributed by atoms with Crippen LogP contribution in [0.1, 0.15) is 25.0 Å². The summed E-state index contributed by atoms with van der Waals surface area (Å²) in [6.07, 6.45) is 1.67. The Balaban J connectivity index is 1.58. The Bertz CT molecular complexity index is 1170. The van der Waals surface area contributed by atoms with Crippen molar-refractivity contribution in [3.63, 3.8) is 0 Å². The summed E-state index contributed by atoms with van der Waals surface area (Å²) < 4.78 is 22.5. The predicted molar refractivity (Wildman–Crippen MR) is 122 cm³/mol. The molecule has 0 aromatic heterocycles. The van der Waals surface area contributed by atoms with Gasteiger partial charge in [0.05, 0.1) is 13.2 Å². The van der Waals surface area contributed by atoms with Gasteiger partial charge in [0.1, 0.15) is 11.5 Å². The second-order valence-electron chi connectivity index (χ2n) is 6.85. The van der Waals surface area contributed by atoms with Crippen LogP contribution in [0.4, 0.5) is 0 Å². The van der Waals surface area contributed by atoms with E-state index in [1.165, 1.54) is 0 Å². The fourth-order valence-electron chi connectivity index (χ4n) is 3.17. The van der Waals surface area contributed by atoms with E-state index in [0.717, 1.165) is 11.3 Å². The van der Waals surface area contributed by atoms with E-state index in [9.17, 15) is 4.79 Å². The van der Waals surface area contributed by atoms with Crippen LogP contribution >= 0.6 is 0 Å². The second kappa shape index (κ2) is 9.83. The summed E-state index contributed by atoms with van der Waals surface area (Å²) in [5.41, 5.74) is 1.62. The van der Waals surface area contributed by atoms with E-state index in [0.29, 0.717) is 36.0 Å². The zero-order valence-electron chi connectivity index (χ0n) is 17.9. The molecule has 0 amide bonds. The van der Waals surface area contributed by atoms with Crippen molar-refractivity contribution < 1.29 is 23.7 Å². The van der Waals surface area contributed by atoms with Crippen molar-refractivity contribution in [2.75, 3.05) is 13.2 Å². The van der Waals surface area contributed by atoms with E-state index in [2.05, 4.69) is 4.99 Å². The second-order valence-corrected chi connectivity index (χ2v) is 6.85. The summed E-state index contributed by atoms with van der Waals surface area (Å²) in [6.45, 7) is 4.81. The van der Waals surface area contributed by atoms with Crippen LogP contribution in [0.3, 0.4) is 0 Å². The van der Waals surface area contributed by atoms with E-state index >= 15 is 0 Å². The highest BCUT2D eigenvalue weighted by Crippen LogP contribution is 2.30. The summed E-state index contributed by atoms with van der Waals surface area (Å²) in [5, 5.41) is 0. The van der Waals surface area contributed by atoms with Gasteiger partial charge in [-0.05, 0) is 68.0 Å². The molecule has 0 bridgehead atoms. The van der Waals surface area contributed by atoms with Gasteiger partial charge in [0, 0.05) is 5.56 Å². The third kappa shape index (κ3) is 4.98. The molecule has 0 unspecified atom stereocenters. The molecule has 1 heterocycles. The third-order valence-corrected chi connectivity index (χ3v) is 4.55. The number of cyclic esters (lactones) is 1. The summed E-state index contributed by atoms with van der Waals surface area (Å²) >= 11 is 0. The van der Waals surface area contributed by atoms with Gasteiger partial charge in [-0.2, -0.15) is 0 Å². The Labute approximate surface area is 186 Å². The number of ether oxygens (including phenoxy) is 4. The van der Waals surface area contributed by atoms with Crippen LogP contribution in [-0.4, -0.2) is 25.1 Å². The molecule has 0 fully saturated rings. The highest BCUT2D eigenvalue weighted by molar-refractivity contribution is 6.13. The van der Waals surface area contributed by atoms with Gasteiger partial charge in [0.2, 0.25) is 5.90 Å². The molecule has 0 radical (unpaired) electrons. The van der Waals surface area contributed by atoms with Gasteiger partial charge in [0.25, 0.3) is 0 Å². The molecule has 0 N–H and O–H groups in total. The monoisotopic (exact) mass is 429 g/mol. The molecule has 0 spiro atoms. The van der Waals surface area contributed by atoms with Crippen LogP contribution in [0, 0.1) is 0 Å². The topological polar surface area (TPSA) is 66.4 Å². The first-order chi connectivity index (χ1) is 15.7. The van der Waals surface area contributed by atoms with Crippen molar-refractivity contribution in [1.82, 2.24) is 0 Å². The van der Waals surface area contributed by atoms with E-state index in [4.69, 9.17) is 18.9 Å². The van der Waals surface area contributed by atoms with Gasteiger partial charge in [-0.1, -0.05) is 30.3 Å². The van der Waals surface area contributed by atoms with Crippen molar-refractivity contribution in [3.05, 3.63) is 89.6 Å². The lowest BCUT2D eigenvalue weighted by Gasteiger charge is -2.11. The van der Waals surface area contributed by atoms with E-state index in [1.54, 1.807) is 24.3 Å². The Hall–Kier alpha value is -4.06. The lowest BCUT2D eigenvalue weighted by Crippen LogP contribution is -2.06. The number of hydrogen-bond donors (Lipinski definition) is 0. The van der Waals surface area contributed by atoms with Crippen LogP contribution in [0.15, 0.2) is 83.5 Å². The van der Waals surface area contributed by atoms with Gasteiger partial charge in [-0.3, -0.25) is 0 Å². The maximum atomic E-state index is 12.4. The number of para-hydroxylation sites is 1. The Morgan fingerprint density at radius 2 is 1.59 bits per heavy atom. The maximum Gasteiger partial charge on any atom is 0.363 e. The SMILES string of the molecule is CCOc1ccc(C2=N/C(=C\c3cccc(Oc4ccccc4)c3)C(=O)O2)cc1OCC. The highest BCUT2D eigenvalue weighted by atomic mass is 16.6. The van der Waals surface area contributed by atoms with Crippen LogP contribution < -0.4 is 14.2 Å². The lowest BCUT2D eigenvalue weighted by atomic mass is 10.2. The molecule has 3 aromatic carbocycles. The first kappa shape index (κ1) is 21.2. The van der Waals surface area contributed by atoms with Gasteiger partial charge >= 0.3 is 5.97 Å². The molecule has 0 atom stereocenters. The van der Waals surface area contributed by atoms with Crippen molar-refractivity contribution in [3.8, 4) is 23.0 Å². The molecule has 1 aliphatic rings. The van der Waals surface area contributed by atoms with Crippen LogP contribution in [0.25, 0.3) is 6.08 Å². The molecule has 32 heavy (non-hydrogen) atoms. The fraction of sp³-hybridized carbons (Fsp3) is 0.154. The van der Waals surface area contributed by atoms with E-state index < -0.39 is 5.97 Å². The third-order valence-electron chi connectivity index (χ3n) is 4.55. The number of rotatable bonds is 8. The van der Waals surface area contributed by atoms with E-state index in [-0.39, 0.29) is 11.6 Å². The Morgan fingerprint density at radius 1 is 0.844 bits per heavy atom. The van der Waals surface area contributed by atoms with Crippen molar-refractivity contribution in [1.29, 1.82) is 0 Å². The molecule has 6 nitrogen and oxygen atoms in total. The van der Waals surface area contributed by atoms with Crippen molar-refractivity contribution in [2.45, 2.75) is 13.8 Å². The maximum absolute atomic E-state index is 12.4. The zero-order valence-corrected chi connectivity index (χ0v) is 17.9. The minimum Gasteiger partial charge on any atom is -0.490 e. The number of hydrogen-bond acceptors (Lipinski definition) is 6. The fourth-order valence-corrected chi connectivity index (χ4v) is 3.17. The minimum absolute atomic E-state index is 0.212. The summed E-state index contributed by atoms with van der Waals surface area (Å²) in [7, 11) is 0. The molecule has 1 aliphatic heterocycles. The number of carbonyl (C=O) groups excluding carboxylic acids is 1. The van der Waals surface area contributed by atoms with Crippen LogP contribution in [-0.2, 0) is 9.53 Å². The summed E-state index contributed by atoms with van der Waals surface area (Å²) in [6, 6.07) is 22.3. The quantitative estimate of drug-likeness (QED) is 0.343. The molecule has 0 aliphatic carbocycles. The molecule has 4 rings (SSSR count). The van der Waals surface area contributed by atoms with Crippen molar-refractivity contribution in [2.24, 2.45) is 4.99 Å². The standard InChI is InChI=1S/C26H23NO5/c1-3-29-23-14-13-19(17-24(23)30-4-2)25-27-22(26(28)32-25)16-18-9-8-12-21(15-18)31-20-10-6-5-7-11-20/h5-17H,3-4H2,1-2H3/b22-16-. The number of aliphatic imine (C=N–C) groups is 1. The lowest BCUT2D eigenvalue weighted by molar-refractivity contribution is -0.129. The number of carbonyl (C=O) groups is 1. The van der Waals surface area contributed by atoms with Gasteiger partial charge < -0.3 is 18.9 Å². The Kier molecular flexibility index (Phi) is 6.51. The smallest absolute Gasteiger partial charge is 0.363 e. The molecular formula is C26H23NO5.